The molecule has 0 aromatic heterocycles. The average Bonchev–Trinajstić information content (AvgIpc) is 3.21. The maximum atomic E-state index is 9.82. The highest BCUT2D eigenvalue weighted by Gasteiger charge is 2.34. The Hall–Kier alpha value is -0.560. The Labute approximate surface area is 132 Å². The van der Waals surface area contributed by atoms with Crippen LogP contribution in [-0.2, 0) is 0 Å². The van der Waals surface area contributed by atoms with Gasteiger partial charge in [0.25, 0.3) is 0 Å². The lowest BCUT2D eigenvalue weighted by atomic mass is 10.1. The highest BCUT2D eigenvalue weighted by Crippen LogP contribution is 2.44. The van der Waals surface area contributed by atoms with E-state index in [0.717, 1.165) is 24.7 Å². The highest BCUT2D eigenvalue weighted by atomic mass is 16.3. The lowest BCUT2D eigenvalue weighted by Crippen LogP contribution is -2.01. The summed E-state index contributed by atoms with van der Waals surface area (Å²) in [5.74, 6) is 1.84. The molecule has 3 unspecified atom stereocenters. The molecule has 1 aliphatic rings. The van der Waals surface area contributed by atoms with E-state index >= 15 is 0 Å². The molecular weight excluding hydrogens is 256 g/mol. The van der Waals surface area contributed by atoms with E-state index in [9.17, 15) is 5.11 Å². The largest absolute Gasteiger partial charge is 0.389 e. The molecule has 0 bridgehead atoms. The Balaban J connectivity index is 1.97. The topological polar surface area (TPSA) is 20.2 Å². The lowest BCUT2D eigenvalue weighted by molar-refractivity contribution is 0.208. The second-order valence-corrected chi connectivity index (χ2v) is 6.67. The SMILES string of the molecule is CCCC/C=C/CCC1CC1C/C=C/C(O)CCCCC. The Kier molecular flexibility index (Phi) is 10.6. The quantitative estimate of drug-likeness (QED) is 0.324. The first kappa shape index (κ1) is 18.5. The van der Waals surface area contributed by atoms with E-state index in [-0.39, 0.29) is 6.10 Å². The summed E-state index contributed by atoms with van der Waals surface area (Å²) in [7, 11) is 0. The fourth-order valence-electron chi connectivity index (χ4n) is 2.93. The minimum atomic E-state index is -0.213. The average molecular weight is 293 g/mol. The molecule has 0 radical (unpaired) electrons. The van der Waals surface area contributed by atoms with E-state index in [4.69, 9.17) is 0 Å². The first-order valence-electron chi connectivity index (χ1n) is 9.27. The van der Waals surface area contributed by atoms with Crippen LogP contribution in [0.15, 0.2) is 24.3 Å². The van der Waals surface area contributed by atoms with Crippen molar-refractivity contribution in [1.29, 1.82) is 0 Å². The van der Waals surface area contributed by atoms with E-state index in [2.05, 4.69) is 32.1 Å². The van der Waals surface area contributed by atoms with Gasteiger partial charge in [-0.15, -0.1) is 0 Å². The number of allylic oxidation sites excluding steroid dienone is 3. The summed E-state index contributed by atoms with van der Waals surface area (Å²) in [4.78, 5) is 0. The summed E-state index contributed by atoms with van der Waals surface area (Å²) in [5.41, 5.74) is 0. The second kappa shape index (κ2) is 12.0. The predicted molar refractivity (Wildman–Crippen MR) is 93.4 cm³/mol. The first-order valence-corrected chi connectivity index (χ1v) is 9.27. The van der Waals surface area contributed by atoms with Crippen molar-refractivity contribution in [3.05, 3.63) is 24.3 Å². The maximum absolute atomic E-state index is 9.82. The van der Waals surface area contributed by atoms with E-state index in [1.807, 2.05) is 6.08 Å². The fourth-order valence-corrected chi connectivity index (χ4v) is 2.93. The zero-order chi connectivity index (χ0) is 15.3. The number of aliphatic hydroxyl groups excluding tert-OH is 1. The summed E-state index contributed by atoms with van der Waals surface area (Å²) in [6.45, 7) is 4.45. The van der Waals surface area contributed by atoms with Crippen LogP contribution in [0.5, 0.6) is 0 Å². The van der Waals surface area contributed by atoms with Gasteiger partial charge in [0.1, 0.15) is 0 Å². The van der Waals surface area contributed by atoms with Crippen molar-refractivity contribution < 1.29 is 5.11 Å². The van der Waals surface area contributed by atoms with Crippen LogP contribution in [-0.4, -0.2) is 11.2 Å². The van der Waals surface area contributed by atoms with Gasteiger partial charge in [-0.25, -0.2) is 0 Å². The van der Waals surface area contributed by atoms with E-state index in [1.165, 1.54) is 57.8 Å². The molecule has 0 amide bonds. The molecule has 122 valence electrons. The maximum Gasteiger partial charge on any atom is 0.0720 e. The van der Waals surface area contributed by atoms with E-state index in [0.29, 0.717) is 0 Å². The van der Waals surface area contributed by atoms with Gasteiger partial charge in [0.05, 0.1) is 6.10 Å². The van der Waals surface area contributed by atoms with Gasteiger partial charge < -0.3 is 5.11 Å². The van der Waals surface area contributed by atoms with Gasteiger partial charge >= 0.3 is 0 Å². The standard InChI is InChI=1S/C20H36O/c1-3-5-7-8-9-11-13-18-17-19(18)14-12-16-20(21)15-10-6-4-2/h8-9,12,16,18-21H,3-7,10-11,13-15,17H2,1-2H3/b9-8+,16-12+. The summed E-state index contributed by atoms with van der Waals surface area (Å²) in [6.07, 6.45) is 22.4. The molecule has 1 heteroatoms. The third-order valence-electron chi connectivity index (χ3n) is 4.56. The van der Waals surface area contributed by atoms with Gasteiger partial charge in [-0.1, -0.05) is 70.3 Å². The third-order valence-corrected chi connectivity index (χ3v) is 4.56. The zero-order valence-electron chi connectivity index (χ0n) is 14.3. The molecule has 0 heterocycles. The molecule has 3 atom stereocenters. The number of rotatable bonds is 13. The molecule has 0 aromatic rings. The van der Waals surface area contributed by atoms with Crippen molar-refractivity contribution in [2.24, 2.45) is 11.8 Å². The summed E-state index contributed by atoms with van der Waals surface area (Å²) >= 11 is 0. The molecule has 0 saturated heterocycles. The van der Waals surface area contributed by atoms with Crippen LogP contribution in [0, 0.1) is 11.8 Å². The summed E-state index contributed by atoms with van der Waals surface area (Å²) in [5, 5.41) is 9.82. The smallest absolute Gasteiger partial charge is 0.0720 e. The van der Waals surface area contributed by atoms with Crippen LogP contribution in [0.3, 0.4) is 0 Å². The summed E-state index contributed by atoms with van der Waals surface area (Å²) in [6, 6.07) is 0. The van der Waals surface area contributed by atoms with Crippen LogP contribution in [0.2, 0.25) is 0 Å². The molecule has 0 spiro atoms. The number of aliphatic hydroxyl groups is 1. The molecule has 0 aliphatic heterocycles. The molecule has 21 heavy (non-hydrogen) atoms. The third kappa shape index (κ3) is 9.90. The zero-order valence-corrected chi connectivity index (χ0v) is 14.3. The van der Waals surface area contributed by atoms with E-state index in [1.54, 1.807) is 0 Å². The molecule has 1 nitrogen and oxygen atoms in total. The Morgan fingerprint density at radius 3 is 2.48 bits per heavy atom. The normalized spacial score (nSPS) is 23.2. The van der Waals surface area contributed by atoms with Crippen molar-refractivity contribution in [3.63, 3.8) is 0 Å². The van der Waals surface area contributed by atoms with Crippen LogP contribution < -0.4 is 0 Å². The highest BCUT2D eigenvalue weighted by molar-refractivity contribution is 4.97. The second-order valence-electron chi connectivity index (χ2n) is 6.67. The van der Waals surface area contributed by atoms with Crippen LogP contribution in [0.1, 0.15) is 84.5 Å². The molecule has 1 N–H and O–H groups in total. The molecule has 1 fully saturated rings. The van der Waals surface area contributed by atoms with Gasteiger partial charge in [-0.3, -0.25) is 0 Å². The van der Waals surface area contributed by atoms with Crippen molar-refractivity contribution in [3.8, 4) is 0 Å². The fraction of sp³-hybridized carbons (Fsp3) is 0.800. The number of hydrogen-bond acceptors (Lipinski definition) is 1. The monoisotopic (exact) mass is 292 g/mol. The Morgan fingerprint density at radius 2 is 1.71 bits per heavy atom. The molecule has 1 saturated carbocycles. The minimum Gasteiger partial charge on any atom is -0.389 e. The Morgan fingerprint density at radius 1 is 0.952 bits per heavy atom. The van der Waals surface area contributed by atoms with Crippen molar-refractivity contribution >= 4 is 0 Å². The summed E-state index contributed by atoms with van der Waals surface area (Å²) < 4.78 is 0. The number of hydrogen-bond donors (Lipinski definition) is 1. The van der Waals surface area contributed by atoms with Crippen molar-refractivity contribution in [1.82, 2.24) is 0 Å². The lowest BCUT2D eigenvalue weighted by Gasteiger charge is -2.04. The van der Waals surface area contributed by atoms with Gasteiger partial charge in [-0.05, 0) is 50.4 Å². The van der Waals surface area contributed by atoms with Gasteiger partial charge in [-0.2, -0.15) is 0 Å². The van der Waals surface area contributed by atoms with Gasteiger partial charge in [0, 0.05) is 0 Å². The minimum absolute atomic E-state index is 0.213. The predicted octanol–water partition coefficient (Wildman–Crippen LogP) is 6.04. The van der Waals surface area contributed by atoms with Crippen LogP contribution in [0.25, 0.3) is 0 Å². The first-order chi connectivity index (χ1) is 10.3. The van der Waals surface area contributed by atoms with Crippen molar-refractivity contribution in [2.75, 3.05) is 0 Å². The van der Waals surface area contributed by atoms with Gasteiger partial charge in [0.2, 0.25) is 0 Å². The van der Waals surface area contributed by atoms with Crippen LogP contribution >= 0.6 is 0 Å². The molecule has 1 aliphatic carbocycles. The van der Waals surface area contributed by atoms with E-state index < -0.39 is 0 Å². The van der Waals surface area contributed by atoms with Crippen LogP contribution in [0.4, 0.5) is 0 Å². The van der Waals surface area contributed by atoms with Crippen molar-refractivity contribution in [2.45, 2.75) is 90.6 Å². The Bertz CT molecular complexity index is 292. The molecule has 0 aromatic carbocycles. The van der Waals surface area contributed by atoms with Gasteiger partial charge in [0.15, 0.2) is 0 Å². The number of unbranched alkanes of at least 4 members (excludes halogenated alkanes) is 4. The molecule has 1 rings (SSSR count). The molecular formula is C20H36O.